The van der Waals surface area contributed by atoms with Crippen molar-refractivity contribution >= 4 is 23.0 Å². The number of anilines is 2. The number of nitrogen functional groups attached to an aromatic ring is 1. The molecule has 1 aliphatic rings. The molecule has 17 heavy (non-hydrogen) atoms. The molecule has 0 amide bonds. The van der Waals surface area contributed by atoms with Gasteiger partial charge in [0.25, 0.3) is 0 Å². The first-order chi connectivity index (χ1) is 8.25. The van der Waals surface area contributed by atoms with Crippen molar-refractivity contribution in [3.8, 4) is 0 Å². The van der Waals surface area contributed by atoms with Gasteiger partial charge in [0, 0.05) is 11.6 Å². The Morgan fingerprint density at radius 2 is 2.00 bits per heavy atom. The van der Waals surface area contributed by atoms with Crippen LogP contribution in [0.1, 0.15) is 38.5 Å². The van der Waals surface area contributed by atoms with Crippen LogP contribution in [0.25, 0.3) is 0 Å². The van der Waals surface area contributed by atoms with Gasteiger partial charge in [-0.15, -0.1) is 0 Å². The van der Waals surface area contributed by atoms with Gasteiger partial charge in [0.15, 0.2) is 0 Å². The summed E-state index contributed by atoms with van der Waals surface area (Å²) in [6.07, 6.45) is 8.27. The summed E-state index contributed by atoms with van der Waals surface area (Å²) in [6, 6.07) is 5.58. The number of halogens is 1. The Morgan fingerprint density at radius 3 is 2.76 bits per heavy atom. The van der Waals surface area contributed by atoms with E-state index in [9.17, 15) is 0 Å². The van der Waals surface area contributed by atoms with Gasteiger partial charge in [-0.1, -0.05) is 43.7 Å². The first-order valence-corrected chi connectivity index (χ1v) is 6.92. The highest BCUT2D eigenvalue weighted by atomic mass is 35.5. The van der Waals surface area contributed by atoms with Crippen LogP contribution in [0.5, 0.6) is 0 Å². The molecular weight excluding hydrogens is 232 g/mol. The van der Waals surface area contributed by atoms with Crippen molar-refractivity contribution in [3.63, 3.8) is 0 Å². The molecule has 0 spiro atoms. The lowest BCUT2D eigenvalue weighted by Gasteiger charge is -2.21. The van der Waals surface area contributed by atoms with Crippen molar-refractivity contribution in [3.05, 3.63) is 23.2 Å². The Balaban J connectivity index is 1.79. The molecule has 1 aliphatic carbocycles. The van der Waals surface area contributed by atoms with E-state index in [0.29, 0.717) is 0 Å². The third-order valence-electron chi connectivity index (χ3n) is 3.61. The van der Waals surface area contributed by atoms with E-state index < -0.39 is 0 Å². The minimum absolute atomic E-state index is 0.736. The molecule has 1 aromatic carbocycles. The quantitative estimate of drug-likeness (QED) is 0.784. The van der Waals surface area contributed by atoms with Gasteiger partial charge in [0.1, 0.15) is 0 Å². The number of hydrogen-bond donors (Lipinski definition) is 2. The van der Waals surface area contributed by atoms with Crippen LogP contribution in [-0.2, 0) is 0 Å². The predicted octanol–water partition coefficient (Wildman–Crippen LogP) is 4.30. The summed E-state index contributed by atoms with van der Waals surface area (Å²) in [7, 11) is 0. The Bertz CT molecular complexity index is 359. The lowest BCUT2D eigenvalue weighted by molar-refractivity contribution is 0.345. The van der Waals surface area contributed by atoms with Gasteiger partial charge in [-0.05, 0) is 30.5 Å². The highest BCUT2D eigenvalue weighted by Gasteiger charge is 2.12. The molecule has 94 valence electrons. The molecule has 0 aliphatic heterocycles. The zero-order chi connectivity index (χ0) is 12.1. The Morgan fingerprint density at radius 1 is 1.24 bits per heavy atom. The lowest BCUT2D eigenvalue weighted by atomic mass is 9.87. The van der Waals surface area contributed by atoms with Crippen LogP contribution in [0, 0.1) is 5.92 Å². The van der Waals surface area contributed by atoms with E-state index in [1.165, 1.54) is 38.5 Å². The molecular formula is C14H21ClN2. The molecule has 1 aromatic rings. The molecule has 2 rings (SSSR count). The van der Waals surface area contributed by atoms with E-state index in [0.717, 1.165) is 28.9 Å². The normalized spacial score (nSPS) is 17.0. The molecule has 2 nitrogen and oxygen atoms in total. The van der Waals surface area contributed by atoms with E-state index in [4.69, 9.17) is 17.3 Å². The molecule has 0 saturated heterocycles. The molecule has 0 bridgehead atoms. The summed E-state index contributed by atoms with van der Waals surface area (Å²) in [6.45, 7) is 0.995. The largest absolute Gasteiger partial charge is 0.397 e. The third kappa shape index (κ3) is 3.81. The van der Waals surface area contributed by atoms with Gasteiger partial charge < -0.3 is 11.1 Å². The van der Waals surface area contributed by atoms with E-state index in [-0.39, 0.29) is 0 Å². The minimum Gasteiger partial charge on any atom is -0.397 e. The molecule has 1 saturated carbocycles. The van der Waals surface area contributed by atoms with E-state index >= 15 is 0 Å². The number of benzene rings is 1. The molecule has 3 heteroatoms. The summed E-state index contributed by atoms with van der Waals surface area (Å²) >= 11 is 5.95. The maximum atomic E-state index is 5.95. The van der Waals surface area contributed by atoms with Crippen molar-refractivity contribution in [2.45, 2.75) is 38.5 Å². The molecule has 1 fully saturated rings. The van der Waals surface area contributed by atoms with Crippen molar-refractivity contribution in [2.24, 2.45) is 5.92 Å². The molecule has 3 N–H and O–H groups in total. The Hall–Kier alpha value is -0.890. The van der Waals surface area contributed by atoms with E-state index in [2.05, 4.69) is 5.32 Å². The van der Waals surface area contributed by atoms with Gasteiger partial charge in [-0.25, -0.2) is 0 Å². The lowest BCUT2D eigenvalue weighted by Crippen LogP contribution is -2.12. The van der Waals surface area contributed by atoms with Crippen LogP contribution in [0.3, 0.4) is 0 Å². The number of hydrogen-bond acceptors (Lipinski definition) is 2. The highest BCUT2D eigenvalue weighted by molar-refractivity contribution is 6.31. The van der Waals surface area contributed by atoms with Gasteiger partial charge in [0.05, 0.1) is 11.4 Å². The maximum absolute atomic E-state index is 5.95. The smallest absolute Gasteiger partial charge is 0.0588 e. The number of nitrogens with two attached hydrogens (primary N) is 1. The van der Waals surface area contributed by atoms with Crippen LogP contribution in [0.4, 0.5) is 11.4 Å². The SMILES string of the molecule is Nc1ccc(Cl)cc1NCCC1CCCCC1. The molecule has 0 radical (unpaired) electrons. The highest BCUT2D eigenvalue weighted by Crippen LogP contribution is 2.27. The van der Waals surface area contributed by atoms with E-state index in [1.54, 1.807) is 0 Å². The van der Waals surface area contributed by atoms with Gasteiger partial charge >= 0.3 is 0 Å². The minimum atomic E-state index is 0.736. The summed E-state index contributed by atoms with van der Waals surface area (Å²) in [5, 5.41) is 4.13. The predicted molar refractivity (Wildman–Crippen MR) is 75.5 cm³/mol. The second-order valence-electron chi connectivity index (χ2n) is 4.95. The summed E-state index contributed by atoms with van der Waals surface area (Å²) in [5.74, 6) is 0.900. The third-order valence-corrected chi connectivity index (χ3v) is 3.84. The summed E-state index contributed by atoms with van der Waals surface area (Å²) < 4.78 is 0. The first-order valence-electron chi connectivity index (χ1n) is 6.54. The van der Waals surface area contributed by atoms with Gasteiger partial charge in [-0.3, -0.25) is 0 Å². The zero-order valence-electron chi connectivity index (χ0n) is 10.2. The van der Waals surface area contributed by atoms with Crippen LogP contribution >= 0.6 is 11.6 Å². The monoisotopic (exact) mass is 252 g/mol. The molecule has 0 atom stereocenters. The van der Waals surface area contributed by atoms with E-state index in [1.807, 2.05) is 18.2 Å². The van der Waals surface area contributed by atoms with Crippen molar-refractivity contribution in [2.75, 3.05) is 17.6 Å². The average Bonchev–Trinajstić information content (AvgIpc) is 2.35. The average molecular weight is 253 g/mol. The fourth-order valence-corrected chi connectivity index (χ4v) is 2.74. The summed E-state index contributed by atoms with van der Waals surface area (Å²) in [5.41, 5.74) is 7.63. The maximum Gasteiger partial charge on any atom is 0.0588 e. The zero-order valence-corrected chi connectivity index (χ0v) is 11.0. The van der Waals surface area contributed by atoms with Crippen LogP contribution in [0.15, 0.2) is 18.2 Å². The molecule has 0 unspecified atom stereocenters. The van der Waals surface area contributed by atoms with Crippen LogP contribution in [-0.4, -0.2) is 6.54 Å². The second-order valence-corrected chi connectivity index (χ2v) is 5.39. The standard InChI is InChI=1S/C14H21ClN2/c15-12-6-7-13(16)14(10-12)17-9-8-11-4-2-1-3-5-11/h6-7,10-11,17H,1-5,8-9,16H2. The van der Waals surface area contributed by atoms with Crippen LogP contribution in [0.2, 0.25) is 5.02 Å². The molecule has 0 heterocycles. The first kappa shape index (κ1) is 12.6. The van der Waals surface area contributed by atoms with Gasteiger partial charge in [-0.2, -0.15) is 0 Å². The molecule has 0 aromatic heterocycles. The fraction of sp³-hybridized carbons (Fsp3) is 0.571. The number of nitrogens with one attached hydrogen (secondary N) is 1. The van der Waals surface area contributed by atoms with Crippen molar-refractivity contribution < 1.29 is 0 Å². The van der Waals surface area contributed by atoms with Crippen molar-refractivity contribution in [1.82, 2.24) is 0 Å². The Labute approximate surface area is 109 Å². The van der Waals surface area contributed by atoms with Gasteiger partial charge in [0.2, 0.25) is 0 Å². The Kier molecular flexibility index (Phi) is 4.55. The number of rotatable bonds is 4. The summed E-state index contributed by atoms with van der Waals surface area (Å²) in [4.78, 5) is 0. The second kappa shape index (κ2) is 6.15. The van der Waals surface area contributed by atoms with Crippen LogP contribution < -0.4 is 11.1 Å². The topological polar surface area (TPSA) is 38.0 Å². The fourth-order valence-electron chi connectivity index (χ4n) is 2.57. The van der Waals surface area contributed by atoms with Crippen molar-refractivity contribution in [1.29, 1.82) is 0 Å².